The molecular weight excluding hydrogens is 851 g/mol. The van der Waals surface area contributed by atoms with Crippen LogP contribution in [0.15, 0.2) is 157 Å². The van der Waals surface area contributed by atoms with Crippen molar-refractivity contribution in [1.29, 1.82) is 0 Å². The molecule has 0 amide bonds. The predicted molar refractivity (Wildman–Crippen MR) is 245 cm³/mol. The third-order valence-corrected chi connectivity index (χ3v) is 26.0. The van der Waals surface area contributed by atoms with Crippen LogP contribution < -0.4 is 0 Å². The van der Waals surface area contributed by atoms with Crippen LogP contribution in [0.5, 0.6) is 0 Å². The van der Waals surface area contributed by atoms with Gasteiger partial charge in [-0.3, -0.25) is 0 Å². The van der Waals surface area contributed by atoms with E-state index in [1.165, 1.54) is 93.5 Å². The van der Waals surface area contributed by atoms with Crippen LogP contribution in [-0.4, -0.2) is 0 Å². The van der Waals surface area contributed by atoms with E-state index in [9.17, 15) is 0 Å². The summed E-state index contributed by atoms with van der Waals surface area (Å²) in [5, 5.41) is 10.6. The van der Waals surface area contributed by atoms with E-state index in [4.69, 9.17) is 0 Å². The molecule has 0 saturated heterocycles. The van der Waals surface area contributed by atoms with Crippen molar-refractivity contribution in [2.24, 2.45) is 11.8 Å². The Balaban J connectivity index is 1.13. The van der Waals surface area contributed by atoms with Crippen molar-refractivity contribution in [3.8, 4) is 22.3 Å². The molecule has 0 bridgehead atoms. The summed E-state index contributed by atoms with van der Waals surface area (Å²) in [6.45, 7) is 12.2. The Morgan fingerprint density at radius 1 is 0.421 bits per heavy atom. The molecule has 0 nitrogen and oxygen atoms in total. The molecule has 57 heavy (non-hydrogen) atoms. The van der Waals surface area contributed by atoms with Crippen molar-refractivity contribution in [2.75, 3.05) is 0 Å². The first-order valence-corrected chi connectivity index (χ1v) is 27.9. The Kier molecular flexibility index (Phi) is 9.49. The first kappa shape index (κ1) is 36.5. The van der Waals surface area contributed by atoms with Gasteiger partial charge in [0.15, 0.2) is 0 Å². The molecule has 0 spiro atoms. The van der Waals surface area contributed by atoms with Crippen molar-refractivity contribution in [3.05, 3.63) is 179 Å². The van der Waals surface area contributed by atoms with Gasteiger partial charge in [0.05, 0.1) is 0 Å². The summed E-state index contributed by atoms with van der Waals surface area (Å²) in [6, 6.07) is 55.6. The average molecular weight is 903 g/mol. The molecule has 0 fully saturated rings. The van der Waals surface area contributed by atoms with Gasteiger partial charge in [-0.1, -0.05) is 0 Å². The zero-order valence-corrected chi connectivity index (χ0v) is 37.5. The molecule has 0 radical (unpaired) electrons. The fourth-order valence-electron chi connectivity index (χ4n) is 10.5. The molecule has 0 aliphatic heterocycles. The number of fused-ring (bicyclic) bond motifs is 6. The molecule has 2 atom stereocenters. The van der Waals surface area contributed by atoms with Gasteiger partial charge >= 0.3 is 349 Å². The second kappa shape index (κ2) is 14.8. The maximum atomic E-state index is 2.67. The molecule has 2 aliphatic rings. The monoisotopic (exact) mass is 903 g/mol. The van der Waals surface area contributed by atoms with Crippen LogP contribution in [-0.2, 0) is 21.4 Å². The van der Waals surface area contributed by atoms with Crippen molar-refractivity contribution < 1.29 is 21.4 Å². The topological polar surface area (TPSA) is 0 Å². The molecule has 0 N–H and O–H groups in total. The quantitative estimate of drug-likeness (QED) is 0.100. The summed E-state index contributed by atoms with van der Waals surface area (Å²) in [5.41, 5.74) is 15.1. The number of hydrogen-bond donors (Lipinski definition) is 0. The first-order chi connectivity index (χ1) is 27.9. The fraction of sp³-hybridized carbons (Fsp3) is 0.214. The summed E-state index contributed by atoms with van der Waals surface area (Å²) in [6.07, 6.45) is 7.68. The molecular formula is C56H51Hf. The van der Waals surface area contributed by atoms with E-state index in [2.05, 4.69) is 192 Å². The van der Waals surface area contributed by atoms with Crippen LogP contribution in [0.2, 0.25) is 4.18 Å². The third-order valence-electron chi connectivity index (χ3n) is 12.8. The van der Waals surface area contributed by atoms with Crippen LogP contribution in [0.3, 0.4) is 0 Å². The summed E-state index contributed by atoms with van der Waals surface area (Å²) in [4.78, 5) is 0. The van der Waals surface area contributed by atoms with Gasteiger partial charge in [0.1, 0.15) is 0 Å². The summed E-state index contributed by atoms with van der Waals surface area (Å²) in [5.74, 6) is 1.22. The van der Waals surface area contributed by atoms with Gasteiger partial charge in [-0.15, -0.1) is 0 Å². The average Bonchev–Trinajstić information content (AvgIpc) is 3.76. The van der Waals surface area contributed by atoms with E-state index in [0.717, 1.165) is 0 Å². The van der Waals surface area contributed by atoms with Gasteiger partial charge in [-0.25, -0.2) is 0 Å². The van der Waals surface area contributed by atoms with Crippen molar-refractivity contribution in [3.63, 3.8) is 0 Å². The van der Waals surface area contributed by atoms with E-state index in [1.807, 2.05) is 0 Å². The van der Waals surface area contributed by atoms with Gasteiger partial charge in [-0.05, 0) is 0 Å². The molecule has 0 aromatic heterocycles. The first-order valence-electron chi connectivity index (χ1n) is 21.2. The molecule has 1 heteroatoms. The number of rotatable bonds is 9. The Bertz CT molecular complexity index is 2720. The standard InChI is InChI=1S/2C27H23.C2H5.Hf/c2*1-18(2)13-19-14-22-9-5-11-24(26(22)15-19)25-12-6-10-23-16-20-7-3-4-8-21(20)17-27(23)25;1-2;/h2*3-12,14-18H,13H2,1-2H3;1H2,2H3;. The Morgan fingerprint density at radius 3 is 1.19 bits per heavy atom. The summed E-state index contributed by atoms with van der Waals surface area (Å²) in [7, 11) is 0. The third kappa shape index (κ3) is 6.38. The second-order valence-corrected chi connectivity index (χ2v) is 28.3. The zero-order chi connectivity index (χ0) is 38.8. The maximum absolute atomic E-state index is 2.67. The van der Waals surface area contributed by atoms with Crippen LogP contribution in [0, 0.1) is 11.8 Å². The van der Waals surface area contributed by atoms with Gasteiger partial charge in [-0.2, -0.15) is 0 Å². The minimum atomic E-state index is -2.62. The van der Waals surface area contributed by atoms with E-state index in [0.29, 0.717) is 19.2 Å². The van der Waals surface area contributed by atoms with E-state index in [-0.39, 0.29) is 0 Å². The zero-order valence-electron chi connectivity index (χ0n) is 33.9. The Labute approximate surface area is 346 Å². The fourth-order valence-corrected chi connectivity index (χ4v) is 24.2. The van der Waals surface area contributed by atoms with Gasteiger partial charge in [0.25, 0.3) is 0 Å². The van der Waals surface area contributed by atoms with Crippen LogP contribution in [0.1, 0.15) is 77.1 Å². The van der Waals surface area contributed by atoms with E-state index < -0.39 is 21.4 Å². The van der Waals surface area contributed by atoms with Crippen LogP contribution in [0.25, 0.3) is 77.5 Å². The predicted octanol–water partition coefficient (Wildman–Crippen LogP) is 16.4. The van der Waals surface area contributed by atoms with E-state index in [1.54, 1.807) is 22.3 Å². The summed E-state index contributed by atoms with van der Waals surface area (Å²) >= 11 is -2.62. The molecule has 10 rings (SSSR count). The van der Waals surface area contributed by atoms with Gasteiger partial charge < -0.3 is 0 Å². The van der Waals surface area contributed by atoms with Gasteiger partial charge in [0.2, 0.25) is 0 Å². The number of allylic oxidation sites excluding steroid dienone is 2. The summed E-state index contributed by atoms with van der Waals surface area (Å²) < 4.78 is 2.48. The Morgan fingerprint density at radius 2 is 0.789 bits per heavy atom. The van der Waals surface area contributed by atoms with E-state index >= 15 is 0 Å². The molecule has 0 heterocycles. The second-order valence-electron chi connectivity index (χ2n) is 17.5. The van der Waals surface area contributed by atoms with Crippen LogP contribution >= 0.6 is 0 Å². The van der Waals surface area contributed by atoms with Crippen LogP contribution in [0.4, 0.5) is 0 Å². The molecule has 8 aromatic carbocycles. The molecule has 2 aliphatic carbocycles. The van der Waals surface area contributed by atoms with Crippen molar-refractivity contribution in [1.82, 2.24) is 0 Å². The number of hydrogen-bond acceptors (Lipinski definition) is 0. The number of benzene rings is 8. The molecule has 0 saturated carbocycles. The van der Waals surface area contributed by atoms with Gasteiger partial charge in [0, 0.05) is 0 Å². The molecule has 2 unspecified atom stereocenters. The molecule has 279 valence electrons. The minimum absolute atomic E-state index is 0.576. The Hall–Kier alpha value is -4.85. The SMILES string of the molecule is C[CH2][Hf]([CH]1C(CC(C)C)=Cc2c(-c3cccc4cc5ccccc5cc34)cccc21)[CH]1C(CC(C)C)=Cc2c(-c3cccc4cc5ccccc5cc34)cccc21. The van der Waals surface area contributed by atoms with Crippen molar-refractivity contribution >= 4 is 55.2 Å². The molecule has 8 aromatic rings. The normalized spacial score (nSPS) is 16.2. The van der Waals surface area contributed by atoms with Crippen molar-refractivity contribution in [2.45, 2.75) is 59.0 Å².